The van der Waals surface area contributed by atoms with Crippen LogP contribution in [0.15, 0.2) is 49.1 Å². The van der Waals surface area contributed by atoms with E-state index in [1.807, 2.05) is 37.3 Å². The van der Waals surface area contributed by atoms with Crippen molar-refractivity contribution in [2.24, 2.45) is 0 Å². The predicted octanol–water partition coefficient (Wildman–Crippen LogP) is 5.04. The molecule has 0 aliphatic rings. The lowest BCUT2D eigenvalue weighted by molar-refractivity contribution is 0.474. The summed E-state index contributed by atoms with van der Waals surface area (Å²) in [7, 11) is 0. The Kier molecular flexibility index (Phi) is 4.45. The molecule has 2 aromatic carbocycles. The van der Waals surface area contributed by atoms with Gasteiger partial charge >= 0.3 is 0 Å². The van der Waals surface area contributed by atoms with Crippen LogP contribution in [-0.4, -0.2) is 0 Å². The SMILES string of the molecule is C=CCc1cccc(C)c1Oc1ccc(C#N)cc1Cl. The van der Waals surface area contributed by atoms with E-state index >= 15 is 0 Å². The summed E-state index contributed by atoms with van der Waals surface area (Å²) in [4.78, 5) is 0. The molecule has 0 N–H and O–H groups in total. The molecule has 2 nitrogen and oxygen atoms in total. The van der Waals surface area contributed by atoms with Gasteiger partial charge in [0, 0.05) is 0 Å². The van der Waals surface area contributed by atoms with Crippen molar-refractivity contribution in [1.82, 2.24) is 0 Å². The molecule has 0 fully saturated rings. The van der Waals surface area contributed by atoms with Crippen molar-refractivity contribution < 1.29 is 4.74 Å². The number of ether oxygens (including phenoxy) is 1. The van der Waals surface area contributed by atoms with Crippen LogP contribution < -0.4 is 4.74 Å². The average molecular weight is 284 g/mol. The van der Waals surface area contributed by atoms with E-state index in [4.69, 9.17) is 21.6 Å². The van der Waals surface area contributed by atoms with Crippen LogP contribution in [0.2, 0.25) is 5.02 Å². The molecule has 100 valence electrons. The third-order valence-corrected chi connectivity index (χ3v) is 3.23. The van der Waals surface area contributed by atoms with Crippen LogP contribution in [0.1, 0.15) is 16.7 Å². The maximum atomic E-state index is 8.84. The zero-order chi connectivity index (χ0) is 14.5. The van der Waals surface area contributed by atoms with Crippen LogP contribution in [0.25, 0.3) is 0 Å². The van der Waals surface area contributed by atoms with E-state index < -0.39 is 0 Å². The molecule has 0 saturated heterocycles. The highest BCUT2D eigenvalue weighted by Crippen LogP contribution is 2.34. The van der Waals surface area contributed by atoms with Gasteiger partial charge in [-0.25, -0.2) is 0 Å². The molecule has 0 aliphatic heterocycles. The second-order valence-electron chi connectivity index (χ2n) is 4.42. The van der Waals surface area contributed by atoms with Gasteiger partial charge in [0.15, 0.2) is 0 Å². The van der Waals surface area contributed by atoms with Crippen molar-refractivity contribution >= 4 is 11.6 Å². The molecule has 0 bridgehead atoms. The summed E-state index contributed by atoms with van der Waals surface area (Å²) in [6.45, 7) is 5.74. The minimum absolute atomic E-state index is 0.428. The molecule has 0 radical (unpaired) electrons. The van der Waals surface area contributed by atoms with E-state index in [1.54, 1.807) is 18.2 Å². The second kappa shape index (κ2) is 6.27. The number of allylic oxidation sites excluding steroid dienone is 1. The van der Waals surface area contributed by atoms with Gasteiger partial charge in [-0.15, -0.1) is 6.58 Å². The number of benzene rings is 2. The Bertz CT molecular complexity index is 686. The minimum atomic E-state index is 0.428. The van der Waals surface area contributed by atoms with E-state index in [9.17, 15) is 0 Å². The zero-order valence-corrected chi connectivity index (χ0v) is 11.9. The van der Waals surface area contributed by atoms with E-state index in [-0.39, 0.29) is 0 Å². The van der Waals surface area contributed by atoms with Gasteiger partial charge in [-0.2, -0.15) is 5.26 Å². The van der Waals surface area contributed by atoms with Crippen molar-refractivity contribution in [1.29, 1.82) is 5.26 Å². The molecule has 3 heteroatoms. The smallest absolute Gasteiger partial charge is 0.146 e. The summed E-state index contributed by atoms with van der Waals surface area (Å²) < 4.78 is 5.93. The molecule has 0 atom stereocenters. The summed E-state index contributed by atoms with van der Waals surface area (Å²) in [5.41, 5.74) is 2.60. The van der Waals surface area contributed by atoms with Crippen molar-refractivity contribution in [2.45, 2.75) is 13.3 Å². The van der Waals surface area contributed by atoms with Gasteiger partial charge in [-0.3, -0.25) is 0 Å². The molecule has 0 amide bonds. The largest absolute Gasteiger partial charge is 0.455 e. The predicted molar refractivity (Wildman–Crippen MR) is 81.3 cm³/mol. The monoisotopic (exact) mass is 283 g/mol. The van der Waals surface area contributed by atoms with Crippen LogP contribution in [0, 0.1) is 18.3 Å². The molecule has 0 saturated carbocycles. The topological polar surface area (TPSA) is 33.0 Å². The molecule has 0 unspecified atom stereocenters. The zero-order valence-electron chi connectivity index (χ0n) is 11.2. The summed E-state index contributed by atoms with van der Waals surface area (Å²) in [5, 5.41) is 9.27. The molecular weight excluding hydrogens is 270 g/mol. The van der Waals surface area contributed by atoms with Gasteiger partial charge < -0.3 is 4.74 Å². The fraction of sp³-hybridized carbons (Fsp3) is 0.118. The molecular formula is C17H14ClNO. The molecule has 20 heavy (non-hydrogen) atoms. The number of hydrogen-bond donors (Lipinski definition) is 0. The number of nitrogens with zero attached hydrogens (tertiary/aromatic N) is 1. The summed E-state index contributed by atoms with van der Waals surface area (Å²) in [6.07, 6.45) is 2.56. The normalized spacial score (nSPS) is 9.85. The van der Waals surface area contributed by atoms with Gasteiger partial charge in [-0.05, 0) is 42.7 Å². The Balaban J connectivity index is 2.40. The summed E-state index contributed by atoms with van der Waals surface area (Å²) in [5.74, 6) is 1.34. The Morgan fingerprint density at radius 1 is 1.35 bits per heavy atom. The minimum Gasteiger partial charge on any atom is -0.455 e. The fourth-order valence-corrected chi connectivity index (χ4v) is 2.16. The van der Waals surface area contributed by atoms with Gasteiger partial charge in [0.05, 0.1) is 16.7 Å². The molecule has 0 aliphatic carbocycles. The van der Waals surface area contributed by atoms with Crippen LogP contribution in [0.3, 0.4) is 0 Å². The number of rotatable bonds is 4. The van der Waals surface area contributed by atoms with Gasteiger partial charge in [-0.1, -0.05) is 35.9 Å². The van der Waals surface area contributed by atoms with Gasteiger partial charge in [0.25, 0.3) is 0 Å². The van der Waals surface area contributed by atoms with Crippen LogP contribution in [0.5, 0.6) is 11.5 Å². The highest BCUT2D eigenvalue weighted by molar-refractivity contribution is 6.32. The average Bonchev–Trinajstić information content (AvgIpc) is 2.44. The maximum absolute atomic E-state index is 8.84. The van der Waals surface area contributed by atoms with Crippen molar-refractivity contribution in [3.63, 3.8) is 0 Å². The Morgan fingerprint density at radius 3 is 2.80 bits per heavy atom. The summed E-state index contributed by atoms with van der Waals surface area (Å²) in [6, 6.07) is 13.0. The molecule has 2 aromatic rings. The lowest BCUT2D eigenvalue weighted by Crippen LogP contribution is -1.94. The van der Waals surface area contributed by atoms with Gasteiger partial charge in [0.1, 0.15) is 11.5 Å². The standard InChI is InChI=1S/C17H14ClNO/c1-3-5-14-7-4-6-12(2)17(14)20-16-9-8-13(11-19)10-15(16)18/h3-4,6-10H,1,5H2,2H3. The third-order valence-electron chi connectivity index (χ3n) is 2.93. The quantitative estimate of drug-likeness (QED) is 0.736. The molecule has 2 rings (SSSR count). The van der Waals surface area contributed by atoms with E-state index in [2.05, 4.69) is 6.58 Å². The number of hydrogen-bond acceptors (Lipinski definition) is 2. The lowest BCUT2D eigenvalue weighted by Gasteiger charge is -2.14. The first-order valence-electron chi connectivity index (χ1n) is 6.22. The molecule has 0 aromatic heterocycles. The van der Waals surface area contributed by atoms with Crippen molar-refractivity contribution in [3.8, 4) is 17.6 Å². The number of aryl methyl sites for hydroxylation is 1. The van der Waals surface area contributed by atoms with E-state index in [1.165, 1.54) is 0 Å². The van der Waals surface area contributed by atoms with Crippen molar-refractivity contribution in [3.05, 3.63) is 70.8 Å². The Hall–Kier alpha value is -2.24. The van der Waals surface area contributed by atoms with Crippen molar-refractivity contribution in [2.75, 3.05) is 0 Å². The first-order valence-corrected chi connectivity index (χ1v) is 6.60. The van der Waals surface area contributed by atoms with E-state index in [0.717, 1.165) is 23.3 Å². The fourth-order valence-electron chi connectivity index (χ4n) is 1.94. The first kappa shape index (κ1) is 14.2. The number of nitriles is 1. The lowest BCUT2D eigenvalue weighted by atomic mass is 10.1. The first-order chi connectivity index (χ1) is 9.65. The third kappa shape index (κ3) is 3.01. The van der Waals surface area contributed by atoms with E-state index in [0.29, 0.717) is 16.3 Å². The highest BCUT2D eigenvalue weighted by Gasteiger charge is 2.10. The maximum Gasteiger partial charge on any atom is 0.146 e. The Morgan fingerprint density at radius 2 is 2.15 bits per heavy atom. The van der Waals surface area contributed by atoms with Crippen LogP contribution >= 0.6 is 11.6 Å². The van der Waals surface area contributed by atoms with Crippen LogP contribution in [0.4, 0.5) is 0 Å². The second-order valence-corrected chi connectivity index (χ2v) is 4.82. The molecule has 0 spiro atoms. The van der Waals surface area contributed by atoms with Crippen LogP contribution in [-0.2, 0) is 6.42 Å². The van der Waals surface area contributed by atoms with Gasteiger partial charge in [0.2, 0.25) is 0 Å². The molecule has 0 heterocycles. The number of para-hydroxylation sites is 1. The highest BCUT2D eigenvalue weighted by atomic mass is 35.5. The number of halogens is 1. The Labute approximate surface area is 123 Å². The summed E-state index contributed by atoms with van der Waals surface area (Å²) >= 11 is 6.14.